The molecule has 0 aliphatic heterocycles. The molecule has 4 rings (SSSR count). The highest BCUT2D eigenvalue weighted by Gasteiger charge is 2.12. The van der Waals surface area contributed by atoms with Gasteiger partial charge in [0.2, 0.25) is 5.91 Å². The van der Waals surface area contributed by atoms with Gasteiger partial charge in [-0.05, 0) is 41.5 Å². The van der Waals surface area contributed by atoms with Gasteiger partial charge in [0, 0.05) is 11.4 Å². The summed E-state index contributed by atoms with van der Waals surface area (Å²) in [6.07, 6.45) is 1.50. The van der Waals surface area contributed by atoms with Crippen LogP contribution in [0.2, 0.25) is 0 Å². The number of aromatic nitrogens is 2. The molecule has 0 aliphatic carbocycles. The van der Waals surface area contributed by atoms with Gasteiger partial charge >= 0.3 is 0 Å². The number of rotatable bonds is 7. The largest absolute Gasteiger partial charge is 0.497 e. The van der Waals surface area contributed by atoms with Crippen LogP contribution in [0.3, 0.4) is 0 Å². The number of nitrogens with zero attached hydrogens (tertiary/aromatic N) is 2. The highest BCUT2D eigenvalue weighted by Crippen LogP contribution is 2.36. The summed E-state index contributed by atoms with van der Waals surface area (Å²) in [4.78, 5) is 22.0. The Morgan fingerprint density at radius 2 is 2.00 bits per heavy atom. The van der Waals surface area contributed by atoms with E-state index in [0.29, 0.717) is 6.54 Å². The average Bonchev–Trinajstić information content (AvgIpc) is 3.22. The van der Waals surface area contributed by atoms with Crippen LogP contribution in [0.25, 0.3) is 20.7 Å². The Balaban J connectivity index is 1.42. The number of amides is 1. The maximum absolute atomic E-state index is 13.2. The van der Waals surface area contributed by atoms with Crippen molar-refractivity contribution in [2.45, 2.75) is 11.6 Å². The Morgan fingerprint density at radius 1 is 1.17 bits per heavy atom. The van der Waals surface area contributed by atoms with Crippen LogP contribution in [0.1, 0.15) is 5.56 Å². The number of methoxy groups -OCH3 is 1. The van der Waals surface area contributed by atoms with Crippen molar-refractivity contribution >= 4 is 39.2 Å². The van der Waals surface area contributed by atoms with Crippen molar-refractivity contribution in [3.63, 3.8) is 0 Å². The monoisotopic (exact) mass is 439 g/mol. The van der Waals surface area contributed by atoms with E-state index in [2.05, 4.69) is 15.3 Å². The number of hydrogen-bond donors (Lipinski definition) is 1. The lowest BCUT2D eigenvalue weighted by Crippen LogP contribution is -2.24. The van der Waals surface area contributed by atoms with Gasteiger partial charge in [0.1, 0.15) is 22.9 Å². The van der Waals surface area contributed by atoms with Gasteiger partial charge in [0.05, 0.1) is 23.1 Å². The van der Waals surface area contributed by atoms with E-state index >= 15 is 0 Å². The molecule has 4 aromatic rings. The molecule has 5 nitrogen and oxygen atoms in total. The number of halogens is 1. The van der Waals surface area contributed by atoms with E-state index in [-0.39, 0.29) is 17.5 Å². The summed E-state index contributed by atoms with van der Waals surface area (Å²) in [6.45, 7) is 0.434. The third kappa shape index (κ3) is 4.77. The van der Waals surface area contributed by atoms with Gasteiger partial charge in [0.15, 0.2) is 0 Å². The molecule has 0 atom stereocenters. The van der Waals surface area contributed by atoms with E-state index in [1.807, 2.05) is 30.3 Å². The first-order valence-corrected chi connectivity index (χ1v) is 11.0. The quantitative estimate of drug-likeness (QED) is 0.327. The van der Waals surface area contributed by atoms with Crippen LogP contribution in [-0.4, -0.2) is 28.7 Å². The van der Waals surface area contributed by atoms with E-state index in [1.54, 1.807) is 19.2 Å². The molecular weight excluding hydrogens is 421 g/mol. The van der Waals surface area contributed by atoms with Gasteiger partial charge in [-0.15, -0.1) is 11.3 Å². The summed E-state index contributed by atoms with van der Waals surface area (Å²) in [7, 11) is 1.61. The molecular formula is C22H18FN3O2S2. The first-order chi connectivity index (χ1) is 14.6. The van der Waals surface area contributed by atoms with E-state index in [0.717, 1.165) is 37.0 Å². The van der Waals surface area contributed by atoms with Gasteiger partial charge in [-0.2, -0.15) is 0 Å². The second-order valence-electron chi connectivity index (χ2n) is 6.43. The van der Waals surface area contributed by atoms with Crippen LogP contribution in [0.4, 0.5) is 4.39 Å². The molecule has 1 amide bonds. The standard InChI is InChI=1S/C22H18FN3O2S2/c1-28-17-4-2-3-14(9-17)11-24-20(27)12-29-22-21-18(25-13-26-22)10-19(30-21)15-5-7-16(23)8-6-15/h2-10,13H,11-12H2,1H3,(H,24,27). The van der Waals surface area contributed by atoms with Crippen LogP contribution >= 0.6 is 23.1 Å². The lowest BCUT2D eigenvalue weighted by molar-refractivity contribution is -0.118. The maximum Gasteiger partial charge on any atom is 0.230 e. The Kier molecular flexibility index (Phi) is 6.25. The van der Waals surface area contributed by atoms with E-state index < -0.39 is 0 Å². The fraction of sp³-hybridized carbons (Fsp3) is 0.136. The zero-order valence-electron chi connectivity index (χ0n) is 16.1. The average molecular weight is 440 g/mol. The lowest BCUT2D eigenvalue weighted by atomic mass is 10.2. The number of carbonyl (C=O) groups is 1. The number of hydrogen-bond acceptors (Lipinski definition) is 6. The fourth-order valence-corrected chi connectivity index (χ4v) is 4.89. The van der Waals surface area contributed by atoms with Crippen LogP contribution in [-0.2, 0) is 11.3 Å². The minimum atomic E-state index is -0.268. The molecule has 8 heteroatoms. The first-order valence-electron chi connectivity index (χ1n) is 9.15. The number of nitrogens with one attached hydrogen (secondary N) is 1. The molecule has 0 saturated heterocycles. The molecule has 0 unspecified atom stereocenters. The number of carbonyl (C=O) groups excluding carboxylic acids is 1. The van der Waals surface area contributed by atoms with Crippen molar-refractivity contribution in [1.29, 1.82) is 0 Å². The van der Waals surface area contributed by atoms with Crippen LogP contribution < -0.4 is 10.1 Å². The molecule has 1 N–H and O–H groups in total. The second kappa shape index (κ2) is 9.23. The number of fused-ring (bicyclic) bond motifs is 1. The van der Waals surface area contributed by atoms with E-state index in [4.69, 9.17) is 4.74 Å². The molecule has 0 spiro atoms. The molecule has 2 aromatic heterocycles. The third-order valence-corrected chi connectivity index (χ3v) is 6.67. The molecule has 0 saturated carbocycles. The molecule has 2 heterocycles. The summed E-state index contributed by atoms with van der Waals surface area (Å²) in [5.41, 5.74) is 2.71. The van der Waals surface area contributed by atoms with Gasteiger partial charge in [-0.3, -0.25) is 4.79 Å². The van der Waals surface area contributed by atoms with Crippen molar-refractivity contribution < 1.29 is 13.9 Å². The molecule has 0 aliphatic rings. The molecule has 0 bridgehead atoms. The zero-order valence-corrected chi connectivity index (χ0v) is 17.7. The third-order valence-electron chi connectivity index (χ3n) is 4.37. The number of benzene rings is 2. The van der Waals surface area contributed by atoms with Crippen LogP contribution in [0.15, 0.2) is 66.0 Å². The van der Waals surface area contributed by atoms with Crippen molar-refractivity contribution in [2.24, 2.45) is 0 Å². The predicted octanol–water partition coefficient (Wildman–Crippen LogP) is 4.91. The smallest absolute Gasteiger partial charge is 0.230 e. The van der Waals surface area contributed by atoms with Gasteiger partial charge in [-0.1, -0.05) is 36.0 Å². The Labute approximate surface area is 181 Å². The number of ether oxygens (including phenoxy) is 1. The number of thiophene rings is 1. The second-order valence-corrected chi connectivity index (χ2v) is 8.44. The summed E-state index contributed by atoms with van der Waals surface area (Å²) in [6, 6.07) is 15.9. The van der Waals surface area contributed by atoms with Gasteiger partial charge < -0.3 is 10.1 Å². The zero-order chi connectivity index (χ0) is 20.9. The van der Waals surface area contributed by atoms with Crippen molar-refractivity contribution in [2.75, 3.05) is 12.9 Å². The SMILES string of the molecule is COc1cccc(CNC(=O)CSc2ncnc3cc(-c4ccc(F)cc4)sc23)c1. The normalized spacial score (nSPS) is 10.9. The molecule has 152 valence electrons. The molecule has 0 radical (unpaired) electrons. The fourth-order valence-electron chi connectivity index (χ4n) is 2.86. The van der Waals surface area contributed by atoms with Gasteiger partial charge in [0.25, 0.3) is 0 Å². The minimum Gasteiger partial charge on any atom is -0.497 e. The van der Waals surface area contributed by atoms with Crippen LogP contribution in [0, 0.1) is 5.82 Å². The Bertz CT molecular complexity index is 1180. The molecule has 2 aromatic carbocycles. The maximum atomic E-state index is 13.2. The summed E-state index contributed by atoms with van der Waals surface area (Å²) < 4.78 is 19.3. The molecule has 0 fully saturated rings. The molecule has 30 heavy (non-hydrogen) atoms. The summed E-state index contributed by atoms with van der Waals surface area (Å²) in [5, 5.41) is 3.67. The minimum absolute atomic E-state index is 0.0788. The lowest BCUT2D eigenvalue weighted by Gasteiger charge is -2.07. The van der Waals surface area contributed by atoms with E-state index in [9.17, 15) is 9.18 Å². The summed E-state index contributed by atoms with van der Waals surface area (Å²) in [5.74, 6) is 0.662. The summed E-state index contributed by atoms with van der Waals surface area (Å²) >= 11 is 2.91. The van der Waals surface area contributed by atoms with Crippen LogP contribution in [0.5, 0.6) is 5.75 Å². The van der Waals surface area contributed by atoms with Crippen molar-refractivity contribution in [3.05, 3.63) is 72.3 Å². The number of thioether (sulfide) groups is 1. The first kappa shape index (κ1) is 20.3. The van der Waals surface area contributed by atoms with Gasteiger partial charge in [-0.25, -0.2) is 14.4 Å². The van der Waals surface area contributed by atoms with E-state index in [1.165, 1.54) is 41.6 Å². The Hall–Kier alpha value is -2.97. The van der Waals surface area contributed by atoms with Crippen molar-refractivity contribution in [3.8, 4) is 16.2 Å². The highest BCUT2D eigenvalue weighted by atomic mass is 32.2. The Morgan fingerprint density at radius 3 is 2.80 bits per heavy atom. The highest BCUT2D eigenvalue weighted by molar-refractivity contribution is 8.00. The van der Waals surface area contributed by atoms with Crippen molar-refractivity contribution in [1.82, 2.24) is 15.3 Å². The topological polar surface area (TPSA) is 64.1 Å². The predicted molar refractivity (Wildman–Crippen MR) is 118 cm³/mol.